The van der Waals surface area contributed by atoms with E-state index in [-0.39, 0.29) is 5.56 Å². The Bertz CT molecular complexity index is 1140. The monoisotopic (exact) mass is 418 g/mol. The predicted octanol–water partition coefficient (Wildman–Crippen LogP) is 2.80. The number of unbranched alkanes of at least 4 members (excludes halogenated alkanes) is 1. The molecule has 0 aromatic carbocycles. The lowest BCUT2D eigenvalue weighted by Crippen LogP contribution is -2.34. The van der Waals surface area contributed by atoms with Crippen LogP contribution in [0.5, 0.6) is 5.88 Å². The molecule has 1 aliphatic heterocycles. The van der Waals surface area contributed by atoms with Crippen molar-refractivity contribution in [2.45, 2.75) is 19.3 Å². The van der Waals surface area contributed by atoms with Gasteiger partial charge in [-0.3, -0.25) is 9.69 Å². The van der Waals surface area contributed by atoms with Crippen LogP contribution in [0.3, 0.4) is 0 Å². The molecule has 0 fully saturated rings. The minimum Gasteiger partial charge on any atom is -0.478 e. The summed E-state index contributed by atoms with van der Waals surface area (Å²) in [7, 11) is 0. The smallest absolute Gasteiger partial charge is 0.249 e. The fourth-order valence-corrected chi connectivity index (χ4v) is 3.45. The highest BCUT2D eigenvalue weighted by atomic mass is 16.5. The number of nitrogens with zero attached hydrogens (tertiary/aromatic N) is 4. The highest BCUT2D eigenvalue weighted by Gasteiger charge is 2.15. The molecule has 4 rings (SSSR count). The van der Waals surface area contributed by atoms with Gasteiger partial charge >= 0.3 is 0 Å². The van der Waals surface area contributed by atoms with E-state index in [9.17, 15) is 4.79 Å². The number of aliphatic imine (C=N–C) groups is 1. The van der Waals surface area contributed by atoms with Crippen molar-refractivity contribution in [3.63, 3.8) is 0 Å². The standard InChI is InChI=1S/C23H26N6O2/c24-19-10-13-29(16-18(19)15-26-20-5-1-2-11-25-20)12-3-4-14-31-22-9-7-17-6-8-21(30)27-23(17)28-22/h1-2,5-9,11,15H,3-4,10,12-14,16,24H2,(H,27,28,30). The first kappa shape index (κ1) is 20.7. The van der Waals surface area contributed by atoms with Crippen molar-refractivity contribution in [3.05, 3.63) is 70.3 Å². The van der Waals surface area contributed by atoms with Gasteiger partial charge in [0, 0.05) is 60.7 Å². The third-order valence-corrected chi connectivity index (χ3v) is 5.18. The number of aromatic nitrogens is 3. The van der Waals surface area contributed by atoms with E-state index in [0.29, 0.717) is 24.0 Å². The van der Waals surface area contributed by atoms with Crippen molar-refractivity contribution >= 4 is 23.1 Å². The van der Waals surface area contributed by atoms with E-state index in [1.165, 1.54) is 6.07 Å². The Balaban J connectivity index is 1.22. The molecule has 3 aromatic rings. The molecule has 31 heavy (non-hydrogen) atoms. The molecule has 0 bridgehead atoms. The van der Waals surface area contributed by atoms with Crippen LogP contribution in [0, 0.1) is 0 Å². The molecule has 0 unspecified atom stereocenters. The van der Waals surface area contributed by atoms with E-state index >= 15 is 0 Å². The first-order chi connectivity index (χ1) is 15.2. The normalized spacial score (nSPS) is 15.1. The van der Waals surface area contributed by atoms with E-state index in [1.807, 2.05) is 36.5 Å². The van der Waals surface area contributed by atoms with Gasteiger partial charge in [-0.1, -0.05) is 6.07 Å². The summed E-state index contributed by atoms with van der Waals surface area (Å²) in [4.78, 5) is 29.5. The molecule has 0 saturated carbocycles. The van der Waals surface area contributed by atoms with Crippen LogP contribution in [0.15, 0.2) is 69.7 Å². The van der Waals surface area contributed by atoms with Crippen LogP contribution in [0.25, 0.3) is 11.0 Å². The summed E-state index contributed by atoms with van der Waals surface area (Å²) in [6.45, 7) is 3.29. The fourth-order valence-electron chi connectivity index (χ4n) is 3.45. The van der Waals surface area contributed by atoms with Crippen molar-refractivity contribution in [2.75, 3.05) is 26.2 Å². The van der Waals surface area contributed by atoms with Gasteiger partial charge in [0.1, 0.15) is 5.65 Å². The zero-order valence-corrected chi connectivity index (χ0v) is 17.3. The van der Waals surface area contributed by atoms with Crippen molar-refractivity contribution in [1.29, 1.82) is 0 Å². The average molecular weight is 419 g/mol. The lowest BCUT2D eigenvalue weighted by Gasteiger charge is -2.28. The van der Waals surface area contributed by atoms with Gasteiger partial charge in [0.15, 0.2) is 5.82 Å². The second-order valence-electron chi connectivity index (χ2n) is 7.49. The van der Waals surface area contributed by atoms with Gasteiger partial charge in [-0.15, -0.1) is 0 Å². The maximum atomic E-state index is 11.4. The second kappa shape index (κ2) is 9.99. The van der Waals surface area contributed by atoms with Gasteiger partial charge in [-0.25, -0.2) is 9.98 Å². The van der Waals surface area contributed by atoms with Crippen LogP contribution in [0.2, 0.25) is 0 Å². The Morgan fingerprint density at radius 1 is 1.19 bits per heavy atom. The fraction of sp³-hybridized carbons (Fsp3) is 0.304. The highest BCUT2D eigenvalue weighted by molar-refractivity contribution is 5.82. The van der Waals surface area contributed by atoms with Gasteiger partial charge in [-0.05, 0) is 43.7 Å². The molecule has 0 amide bonds. The van der Waals surface area contributed by atoms with Gasteiger partial charge in [0.25, 0.3) is 0 Å². The van der Waals surface area contributed by atoms with Gasteiger partial charge in [0.2, 0.25) is 11.4 Å². The Morgan fingerprint density at radius 3 is 2.97 bits per heavy atom. The minimum absolute atomic E-state index is 0.169. The van der Waals surface area contributed by atoms with Crippen LogP contribution >= 0.6 is 0 Å². The molecule has 0 aliphatic carbocycles. The summed E-state index contributed by atoms with van der Waals surface area (Å²) < 4.78 is 5.76. The molecule has 0 spiro atoms. The number of pyridine rings is 3. The molecule has 1 aliphatic rings. The van der Waals surface area contributed by atoms with Gasteiger partial charge in [-0.2, -0.15) is 4.98 Å². The van der Waals surface area contributed by atoms with Crippen molar-refractivity contribution < 1.29 is 4.74 Å². The largest absolute Gasteiger partial charge is 0.478 e. The molecule has 8 nitrogen and oxygen atoms in total. The summed E-state index contributed by atoms with van der Waals surface area (Å²) in [5.41, 5.74) is 8.52. The topological polar surface area (TPSA) is 109 Å². The van der Waals surface area contributed by atoms with E-state index in [2.05, 4.69) is 24.8 Å². The molecule has 3 aromatic heterocycles. The first-order valence-electron chi connectivity index (χ1n) is 10.5. The number of aromatic amines is 1. The summed E-state index contributed by atoms with van der Waals surface area (Å²) in [6.07, 6.45) is 6.33. The maximum absolute atomic E-state index is 11.4. The highest BCUT2D eigenvalue weighted by Crippen LogP contribution is 2.16. The number of H-pyrrole nitrogens is 1. The summed E-state index contributed by atoms with van der Waals surface area (Å²) in [5, 5.41) is 0.881. The molecule has 0 atom stereocenters. The van der Waals surface area contributed by atoms with Crippen LogP contribution < -0.4 is 16.0 Å². The zero-order chi connectivity index (χ0) is 21.5. The molecule has 3 N–H and O–H groups in total. The van der Waals surface area contributed by atoms with E-state index in [1.54, 1.807) is 12.3 Å². The number of nitrogens with one attached hydrogen (secondary N) is 1. The number of hydrogen-bond donors (Lipinski definition) is 2. The molecular weight excluding hydrogens is 392 g/mol. The number of ether oxygens (including phenoxy) is 1. The quantitative estimate of drug-likeness (QED) is 0.430. The van der Waals surface area contributed by atoms with Gasteiger partial charge in [0.05, 0.1) is 6.61 Å². The third kappa shape index (κ3) is 5.76. The summed E-state index contributed by atoms with van der Waals surface area (Å²) in [5.74, 6) is 1.21. The SMILES string of the molecule is NC1=C(C=Nc2ccccn2)CN(CCCCOc2ccc3ccc(=O)[nH]c3n2)CC1. The molecule has 0 saturated heterocycles. The number of fused-ring (bicyclic) bond motifs is 1. The van der Waals surface area contributed by atoms with Crippen LogP contribution in [0.4, 0.5) is 5.82 Å². The average Bonchev–Trinajstić information content (AvgIpc) is 2.79. The van der Waals surface area contributed by atoms with Crippen LogP contribution in [-0.2, 0) is 0 Å². The van der Waals surface area contributed by atoms with Crippen molar-refractivity contribution in [1.82, 2.24) is 19.9 Å². The van der Waals surface area contributed by atoms with E-state index < -0.39 is 0 Å². The molecular formula is C23H26N6O2. The zero-order valence-electron chi connectivity index (χ0n) is 17.3. The Morgan fingerprint density at radius 2 is 2.10 bits per heavy atom. The Labute approximate surface area is 180 Å². The second-order valence-corrected chi connectivity index (χ2v) is 7.49. The Hall–Kier alpha value is -3.52. The first-order valence-corrected chi connectivity index (χ1v) is 10.5. The maximum Gasteiger partial charge on any atom is 0.249 e. The molecule has 4 heterocycles. The number of hydrogen-bond acceptors (Lipinski definition) is 7. The van der Waals surface area contributed by atoms with Gasteiger partial charge < -0.3 is 15.5 Å². The summed E-state index contributed by atoms with van der Waals surface area (Å²) >= 11 is 0. The van der Waals surface area contributed by atoms with Crippen LogP contribution in [0.1, 0.15) is 19.3 Å². The van der Waals surface area contributed by atoms with Crippen molar-refractivity contribution in [3.8, 4) is 5.88 Å². The van der Waals surface area contributed by atoms with E-state index in [0.717, 1.165) is 55.6 Å². The lowest BCUT2D eigenvalue weighted by atomic mass is 10.1. The number of nitrogens with two attached hydrogens (primary N) is 1. The number of rotatable bonds is 8. The molecule has 0 radical (unpaired) electrons. The third-order valence-electron chi connectivity index (χ3n) is 5.18. The van der Waals surface area contributed by atoms with Crippen LogP contribution in [-0.4, -0.2) is 52.3 Å². The van der Waals surface area contributed by atoms with Crippen molar-refractivity contribution in [2.24, 2.45) is 10.7 Å². The predicted molar refractivity (Wildman–Crippen MR) is 122 cm³/mol. The summed E-state index contributed by atoms with van der Waals surface area (Å²) in [6, 6.07) is 12.6. The molecule has 8 heteroatoms. The molecule has 160 valence electrons. The minimum atomic E-state index is -0.169. The lowest BCUT2D eigenvalue weighted by molar-refractivity contribution is 0.255. The Kier molecular flexibility index (Phi) is 6.68. The van der Waals surface area contributed by atoms with E-state index in [4.69, 9.17) is 10.5 Å².